The molecule has 15 heavy (non-hydrogen) atoms. The van der Waals surface area contributed by atoms with Gasteiger partial charge in [-0.25, -0.2) is 8.37 Å². The van der Waals surface area contributed by atoms with Gasteiger partial charge in [0.15, 0.2) is 0 Å². The summed E-state index contributed by atoms with van der Waals surface area (Å²) in [5.41, 5.74) is 8.32. The summed E-state index contributed by atoms with van der Waals surface area (Å²) in [7, 11) is -3.82. The minimum Gasteiger partial charge on any atom is -0.242 e. The second kappa shape index (κ2) is 3.97. The van der Waals surface area contributed by atoms with E-state index in [2.05, 4.69) is 10.0 Å². The molecule has 0 radical (unpaired) electrons. The molecule has 0 aromatic rings. The summed E-state index contributed by atoms with van der Waals surface area (Å²) < 4.78 is 31.6. The van der Waals surface area contributed by atoms with Crippen LogP contribution in [0.2, 0.25) is 0 Å². The average molecular weight is 233 g/mol. The normalized spacial score (nSPS) is 38.8. The molecule has 2 fully saturated rings. The van der Waals surface area contributed by atoms with Gasteiger partial charge < -0.3 is 0 Å². The highest BCUT2D eigenvalue weighted by molar-refractivity contribution is 7.82. The van der Waals surface area contributed by atoms with Crippen LogP contribution in [0, 0.1) is 0 Å². The van der Waals surface area contributed by atoms with Gasteiger partial charge in [0.05, 0.1) is 0 Å². The van der Waals surface area contributed by atoms with Gasteiger partial charge >= 0.3 is 10.4 Å². The maximum atomic E-state index is 11.0. The molecule has 1 aliphatic carbocycles. The van der Waals surface area contributed by atoms with Gasteiger partial charge in [0.25, 0.3) is 0 Å². The first-order chi connectivity index (χ1) is 7.11. The Kier molecular flexibility index (Phi) is 2.83. The van der Waals surface area contributed by atoms with Crippen LogP contribution in [0.1, 0.15) is 25.7 Å². The van der Waals surface area contributed by atoms with E-state index in [1.165, 1.54) is 0 Å². The molecule has 2 rings (SSSR count). The molecule has 84 valence electrons. The molecule has 0 spiro atoms. The van der Waals surface area contributed by atoms with Crippen molar-refractivity contribution >= 4 is 10.4 Å². The molecule has 0 aromatic heterocycles. The molecular weight excluding hydrogens is 222 g/mol. The van der Waals surface area contributed by atoms with Gasteiger partial charge in [-0.05, 0) is 24.8 Å². The molecule has 1 heterocycles. The second-order valence-electron chi connectivity index (χ2n) is 3.70. The lowest BCUT2D eigenvalue weighted by atomic mass is 10.1. The highest BCUT2D eigenvalue weighted by Gasteiger charge is 2.42. The van der Waals surface area contributed by atoms with Crippen molar-refractivity contribution in [2.45, 2.75) is 43.9 Å². The molecule has 1 aliphatic heterocycles. The van der Waals surface area contributed by atoms with E-state index in [1.54, 1.807) is 0 Å². The first-order valence-electron chi connectivity index (χ1n) is 4.76. The molecule has 1 saturated carbocycles. The van der Waals surface area contributed by atoms with E-state index in [0.717, 1.165) is 12.8 Å². The molecule has 0 N–H and O–H groups in total. The van der Waals surface area contributed by atoms with Crippen molar-refractivity contribution in [1.29, 1.82) is 0 Å². The second-order valence-corrected chi connectivity index (χ2v) is 4.90. The molecular formula is C7H11N3O4S. The van der Waals surface area contributed by atoms with Gasteiger partial charge in [0, 0.05) is 11.0 Å². The van der Waals surface area contributed by atoms with Gasteiger partial charge in [-0.1, -0.05) is 11.5 Å². The standard InChI is InChI=1S/C7H11N3O4S/c8-10-9-5-2-1-3-6-7(4-5)14-15(11,12)13-6/h5-7H,1-4H2/t5-,6-,7+/m0/s1. The van der Waals surface area contributed by atoms with Gasteiger partial charge in [0.1, 0.15) is 12.2 Å². The third kappa shape index (κ3) is 2.40. The Bertz CT molecular complexity index is 389. The summed E-state index contributed by atoms with van der Waals surface area (Å²) in [6.45, 7) is 0. The van der Waals surface area contributed by atoms with E-state index < -0.39 is 22.6 Å². The SMILES string of the molecule is [N-]=[N+]=N[C@H]1CCC[C@@H]2OS(=O)(=O)O[C@@H]2C1. The largest absolute Gasteiger partial charge is 0.400 e. The lowest BCUT2D eigenvalue weighted by Crippen LogP contribution is -2.23. The van der Waals surface area contributed by atoms with E-state index in [0.29, 0.717) is 12.8 Å². The Hall–Kier alpha value is -0.820. The van der Waals surface area contributed by atoms with Crippen molar-refractivity contribution in [1.82, 2.24) is 0 Å². The van der Waals surface area contributed by atoms with Crippen LogP contribution in [0.15, 0.2) is 5.11 Å². The van der Waals surface area contributed by atoms with Crippen molar-refractivity contribution in [2.75, 3.05) is 0 Å². The zero-order valence-electron chi connectivity index (χ0n) is 7.94. The topological polar surface area (TPSA) is 101 Å². The Balaban J connectivity index is 2.12. The highest BCUT2D eigenvalue weighted by atomic mass is 32.3. The summed E-state index contributed by atoms with van der Waals surface area (Å²) in [4.78, 5) is 2.73. The van der Waals surface area contributed by atoms with Crippen LogP contribution in [0.3, 0.4) is 0 Å². The summed E-state index contributed by atoms with van der Waals surface area (Å²) in [5.74, 6) is 0. The average Bonchev–Trinajstić information content (AvgIpc) is 2.29. The quantitative estimate of drug-likeness (QED) is 0.386. The Morgan fingerprint density at radius 2 is 2.00 bits per heavy atom. The van der Waals surface area contributed by atoms with E-state index >= 15 is 0 Å². The highest BCUT2D eigenvalue weighted by Crippen LogP contribution is 2.32. The number of fused-ring (bicyclic) bond motifs is 1. The van der Waals surface area contributed by atoms with E-state index in [-0.39, 0.29) is 6.04 Å². The zero-order chi connectivity index (χ0) is 10.9. The zero-order valence-corrected chi connectivity index (χ0v) is 8.76. The first-order valence-corrected chi connectivity index (χ1v) is 6.10. The minimum atomic E-state index is -3.82. The van der Waals surface area contributed by atoms with Crippen LogP contribution in [0.25, 0.3) is 10.4 Å². The van der Waals surface area contributed by atoms with Crippen molar-refractivity contribution < 1.29 is 16.8 Å². The fourth-order valence-electron chi connectivity index (χ4n) is 1.99. The number of nitrogens with zero attached hydrogens (tertiary/aromatic N) is 3. The summed E-state index contributed by atoms with van der Waals surface area (Å²) in [6, 6.07) is -0.193. The van der Waals surface area contributed by atoms with Gasteiger partial charge in [-0.15, -0.1) is 0 Å². The molecule has 0 unspecified atom stereocenters. The van der Waals surface area contributed by atoms with Crippen molar-refractivity contribution in [3.63, 3.8) is 0 Å². The number of hydrogen-bond donors (Lipinski definition) is 0. The van der Waals surface area contributed by atoms with Crippen LogP contribution >= 0.6 is 0 Å². The first kappa shape index (κ1) is 10.7. The Morgan fingerprint density at radius 3 is 2.73 bits per heavy atom. The minimum absolute atomic E-state index is 0.193. The predicted octanol–water partition coefficient (Wildman–Crippen LogP) is 1.27. The third-order valence-corrected chi connectivity index (χ3v) is 3.61. The van der Waals surface area contributed by atoms with E-state index in [9.17, 15) is 8.42 Å². The fourth-order valence-corrected chi connectivity index (χ4v) is 3.07. The Labute approximate surface area is 87.3 Å². The van der Waals surface area contributed by atoms with Crippen LogP contribution in [0.5, 0.6) is 0 Å². The third-order valence-electron chi connectivity index (χ3n) is 2.64. The monoisotopic (exact) mass is 233 g/mol. The number of azide groups is 1. The number of rotatable bonds is 1. The van der Waals surface area contributed by atoms with Crippen molar-refractivity contribution in [2.24, 2.45) is 5.11 Å². The molecule has 0 aromatic carbocycles. The fraction of sp³-hybridized carbons (Fsp3) is 1.00. The van der Waals surface area contributed by atoms with Crippen LogP contribution in [-0.4, -0.2) is 26.7 Å². The van der Waals surface area contributed by atoms with E-state index in [1.807, 2.05) is 0 Å². The summed E-state index contributed by atoms with van der Waals surface area (Å²) >= 11 is 0. The Morgan fingerprint density at radius 1 is 1.27 bits per heavy atom. The number of hydrogen-bond acceptors (Lipinski definition) is 5. The molecule has 3 atom stereocenters. The molecule has 2 aliphatic rings. The van der Waals surface area contributed by atoms with E-state index in [4.69, 9.17) is 13.9 Å². The smallest absolute Gasteiger partial charge is 0.242 e. The molecule has 8 heteroatoms. The lowest BCUT2D eigenvalue weighted by molar-refractivity contribution is 0.145. The lowest BCUT2D eigenvalue weighted by Gasteiger charge is -2.11. The summed E-state index contributed by atoms with van der Waals surface area (Å²) in [6.07, 6.45) is 1.67. The van der Waals surface area contributed by atoms with Gasteiger partial charge in [-0.2, -0.15) is 8.42 Å². The van der Waals surface area contributed by atoms with Crippen LogP contribution < -0.4 is 0 Å². The predicted molar refractivity (Wildman–Crippen MR) is 50.1 cm³/mol. The molecule has 7 nitrogen and oxygen atoms in total. The van der Waals surface area contributed by atoms with Crippen molar-refractivity contribution in [3.05, 3.63) is 10.4 Å². The molecule has 0 bridgehead atoms. The molecule has 1 saturated heterocycles. The maximum Gasteiger partial charge on any atom is 0.400 e. The van der Waals surface area contributed by atoms with Crippen LogP contribution in [0.4, 0.5) is 0 Å². The van der Waals surface area contributed by atoms with Crippen LogP contribution in [-0.2, 0) is 18.8 Å². The van der Waals surface area contributed by atoms with Gasteiger partial charge in [-0.3, -0.25) is 0 Å². The van der Waals surface area contributed by atoms with Gasteiger partial charge in [0.2, 0.25) is 0 Å². The van der Waals surface area contributed by atoms with Crippen molar-refractivity contribution in [3.8, 4) is 0 Å². The molecule has 0 amide bonds. The summed E-state index contributed by atoms with van der Waals surface area (Å²) in [5, 5.41) is 3.60. The maximum absolute atomic E-state index is 11.0.